The molecule has 0 aromatic carbocycles. The van der Waals surface area contributed by atoms with Gasteiger partial charge in [0.25, 0.3) is 0 Å². The maximum absolute atomic E-state index is 11.5. The third-order valence-electron chi connectivity index (χ3n) is 2.33. The van der Waals surface area contributed by atoms with Crippen molar-refractivity contribution >= 4 is 17.7 Å². The second kappa shape index (κ2) is 5.29. The monoisotopic (exact) mass is 241 g/mol. The van der Waals surface area contributed by atoms with Crippen molar-refractivity contribution in [3.8, 4) is 0 Å². The second-order valence-corrected chi connectivity index (χ2v) is 5.31. The number of hydrogen-bond acceptors (Lipinski definition) is 4. The van der Waals surface area contributed by atoms with Gasteiger partial charge in [-0.25, -0.2) is 0 Å². The number of esters is 1. The molecule has 1 rings (SSSR count). The first-order valence-corrected chi connectivity index (χ1v) is 5.79. The smallest absolute Gasteiger partial charge is 0.313 e. The Balaban J connectivity index is 2.16. The lowest BCUT2D eigenvalue weighted by Gasteiger charge is -2.26. The fourth-order valence-corrected chi connectivity index (χ4v) is 1.57. The van der Waals surface area contributed by atoms with Gasteiger partial charge in [-0.15, -0.1) is 0 Å². The largest absolute Gasteiger partial charge is 0.460 e. The van der Waals surface area contributed by atoms with Crippen LogP contribution in [0, 0.1) is 0 Å². The molecule has 0 spiro atoms. The molecule has 1 saturated heterocycles. The van der Waals surface area contributed by atoms with E-state index in [1.165, 1.54) is 0 Å². The lowest BCUT2D eigenvalue weighted by atomic mass is 9.99. The molecule has 0 aromatic heterocycles. The molecule has 1 atom stereocenters. The standard InChI is InChI=1S/C12H19NO4/c1-12(2,3)17-11(16)7-9(14)5-4-8-6-10(15)13-8/h8H,4-7H2,1-3H3,(H,13,15)/t8-/m1/s1. The van der Waals surface area contributed by atoms with E-state index < -0.39 is 11.6 Å². The Hall–Kier alpha value is -1.39. The van der Waals surface area contributed by atoms with E-state index in [4.69, 9.17) is 4.74 Å². The number of carbonyl (C=O) groups excluding carboxylic acids is 3. The van der Waals surface area contributed by atoms with Gasteiger partial charge in [0.05, 0.1) is 0 Å². The molecule has 0 bridgehead atoms. The van der Waals surface area contributed by atoms with E-state index >= 15 is 0 Å². The number of ketones is 1. The highest BCUT2D eigenvalue weighted by molar-refractivity contribution is 5.95. The molecule has 1 N–H and O–H groups in total. The molecule has 1 aliphatic heterocycles. The number of amides is 1. The van der Waals surface area contributed by atoms with E-state index in [1.807, 2.05) is 0 Å². The quantitative estimate of drug-likeness (QED) is 0.442. The minimum Gasteiger partial charge on any atom is -0.460 e. The Bertz CT molecular complexity index is 322. The molecule has 1 heterocycles. The van der Waals surface area contributed by atoms with Gasteiger partial charge < -0.3 is 10.1 Å². The Kier molecular flexibility index (Phi) is 4.26. The molecule has 96 valence electrons. The van der Waals surface area contributed by atoms with Crippen molar-refractivity contribution in [3.05, 3.63) is 0 Å². The summed E-state index contributed by atoms with van der Waals surface area (Å²) >= 11 is 0. The van der Waals surface area contributed by atoms with Gasteiger partial charge in [-0.2, -0.15) is 0 Å². The maximum Gasteiger partial charge on any atom is 0.313 e. The van der Waals surface area contributed by atoms with Gasteiger partial charge in [0.1, 0.15) is 17.8 Å². The first-order valence-electron chi connectivity index (χ1n) is 5.79. The van der Waals surface area contributed by atoms with Crippen LogP contribution >= 0.6 is 0 Å². The van der Waals surface area contributed by atoms with Gasteiger partial charge in [0.2, 0.25) is 5.91 Å². The Morgan fingerprint density at radius 3 is 2.47 bits per heavy atom. The van der Waals surface area contributed by atoms with E-state index in [0.717, 1.165) is 0 Å². The van der Waals surface area contributed by atoms with E-state index in [9.17, 15) is 14.4 Å². The van der Waals surface area contributed by atoms with Crippen LogP contribution in [0.1, 0.15) is 46.5 Å². The van der Waals surface area contributed by atoms with Crippen LogP contribution in [0.2, 0.25) is 0 Å². The van der Waals surface area contributed by atoms with Crippen molar-refractivity contribution in [1.29, 1.82) is 0 Å². The normalized spacial score (nSPS) is 19.2. The zero-order valence-corrected chi connectivity index (χ0v) is 10.5. The maximum atomic E-state index is 11.5. The van der Waals surface area contributed by atoms with Crippen LogP contribution in [-0.4, -0.2) is 29.3 Å². The molecule has 0 unspecified atom stereocenters. The van der Waals surface area contributed by atoms with Crippen LogP contribution in [0.15, 0.2) is 0 Å². The SMILES string of the molecule is CC(C)(C)OC(=O)CC(=O)CC[C@@H]1CC(=O)N1. The highest BCUT2D eigenvalue weighted by Crippen LogP contribution is 2.13. The number of rotatable bonds is 5. The van der Waals surface area contributed by atoms with Crippen LogP contribution in [0.3, 0.4) is 0 Å². The predicted octanol–water partition coefficient (Wildman–Crippen LogP) is 0.956. The molecular formula is C12H19NO4. The topological polar surface area (TPSA) is 72.5 Å². The Morgan fingerprint density at radius 2 is 2.00 bits per heavy atom. The van der Waals surface area contributed by atoms with Crippen LogP contribution in [0.25, 0.3) is 0 Å². The predicted molar refractivity (Wildman–Crippen MR) is 61.3 cm³/mol. The average molecular weight is 241 g/mol. The summed E-state index contributed by atoms with van der Waals surface area (Å²) in [6, 6.07) is 0.102. The van der Waals surface area contributed by atoms with Gasteiger partial charge in [0.15, 0.2) is 0 Å². The molecule has 0 aliphatic carbocycles. The summed E-state index contributed by atoms with van der Waals surface area (Å²) in [6.45, 7) is 5.29. The fourth-order valence-electron chi connectivity index (χ4n) is 1.57. The van der Waals surface area contributed by atoms with Crippen molar-refractivity contribution in [3.63, 3.8) is 0 Å². The molecule has 0 radical (unpaired) electrons. The number of β-lactam (4-membered cyclic amide) rings is 1. The molecule has 1 fully saturated rings. The summed E-state index contributed by atoms with van der Waals surface area (Å²) < 4.78 is 5.04. The number of carbonyl (C=O) groups is 3. The number of ether oxygens (including phenoxy) is 1. The minimum atomic E-state index is -0.556. The molecule has 0 aromatic rings. The van der Waals surface area contributed by atoms with Gasteiger partial charge in [-0.05, 0) is 27.2 Å². The Labute approximate surface area is 101 Å². The third-order valence-corrected chi connectivity index (χ3v) is 2.33. The zero-order chi connectivity index (χ0) is 13.1. The van der Waals surface area contributed by atoms with Crippen molar-refractivity contribution in [2.45, 2.75) is 58.1 Å². The highest BCUT2D eigenvalue weighted by atomic mass is 16.6. The van der Waals surface area contributed by atoms with Crippen LogP contribution in [0.4, 0.5) is 0 Å². The van der Waals surface area contributed by atoms with Crippen molar-refractivity contribution < 1.29 is 19.1 Å². The summed E-state index contributed by atoms with van der Waals surface area (Å²) in [5.41, 5.74) is -0.556. The van der Waals surface area contributed by atoms with Gasteiger partial charge >= 0.3 is 5.97 Å². The average Bonchev–Trinajstić information content (AvgIpc) is 2.06. The number of nitrogens with one attached hydrogen (secondary N) is 1. The van der Waals surface area contributed by atoms with Gasteiger partial charge in [-0.1, -0.05) is 0 Å². The number of hydrogen-bond donors (Lipinski definition) is 1. The van der Waals surface area contributed by atoms with Gasteiger partial charge in [0, 0.05) is 18.9 Å². The van der Waals surface area contributed by atoms with Gasteiger partial charge in [-0.3, -0.25) is 14.4 Å². The molecule has 1 amide bonds. The first kappa shape index (κ1) is 13.7. The lowest BCUT2D eigenvalue weighted by molar-refractivity contribution is -0.156. The van der Waals surface area contributed by atoms with Crippen molar-refractivity contribution in [2.24, 2.45) is 0 Å². The second-order valence-electron chi connectivity index (χ2n) is 5.31. The van der Waals surface area contributed by atoms with E-state index in [2.05, 4.69) is 5.32 Å². The van der Waals surface area contributed by atoms with E-state index in [1.54, 1.807) is 20.8 Å². The van der Waals surface area contributed by atoms with Crippen LogP contribution < -0.4 is 5.32 Å². The fraction of sp³-hybridized carbons (Fsp3) is 0.750. The Morgan fingerprint density at radius 1 is 1.41 bits per heavy atom. The highest BCUT2D eigenvalue weighted by Gasteiger charge is 2.26. The lowest BCUT2D eigenvalue weighted by Crippen LogP contribution is -2.48. The van der Waals surface area contributed by atoms with Crippen molar-refractivity contribution in [1.82, 2.24) is 5.32 Å². The molecule has 1 aliphatic rings. The minimum absolute atomic E-state index is 0.0228. The molecule has 17 heavy (non-hydrogen) atoms. The molecule has 0 saturated carbocycles. The van der Waals surface area contributed by atoms with E-state index in [0.29, 0.717) is 19.3 Å². The van der Waals surface area contributed by atoms with Crippen LogP contribution in [-0.2, 0) is 19.1 Å². The molecule has 5 heteroatoms. The summed E-state index contributed by atoms with van der Waals surface area (Å²) in [6.07, 6.45) is 1.22. The summed E-state index contributed by atoms with van der Waals surface area (Å²) in [7, 11) is 0. The zero-order valence-electron chi connectivity index (χ0n) is 10.5. The summed E-state index contributed by atoms with van der Waals surface area (Å²) in [4.78, 5) is 33.4. The number of Topliss-reactive ketones (excluding diaryl/α,β-unsaturated/α-hetero) is 1. The van der Waals surface area contributed by atoms with Crippen molar-refractivity contribution in [2.75, 3.05) is 0 Å². The first-order chi connectivity index (χ1) is 7.76. The summed E-state index contributed by atoms with van der Waals surface area (Å²) in [5, 5.41) is 2.68. The molecule has 5 nitrogen and oxygen atoms in total. The summed E-state index contributed by atoms with van der Waals surface area (Å²) in [5.74, 6) is -0.602. The molecular weight excluding hydrogens is 222 g/mol. The third kappa shape index (κ3) is 5.47. The van der Waals surface area contributed by atoms with E-state index in [-0.39, 0.29) is 24.2 Å². The van der Waals surface area contributed by atoms with Crippen LogP contribution in [0.5, 0.6) is 0 Å².